The van der Waals surface area contributed by atoms with Crippen molar-refractivity contribution in [1.82, 2.24) is 33.8 Å². The minimum atomic E-state index is -0.250. The number of benzene rings is 1. The summed E-state index contributed by atoms with van der Waals surface area (Å²) in [5.74, 6) is 1.47. The molecule has 0 fully saturated rings. The molecule has 0 spiro atoms. The zero-order valence-corrected chi connectivity index (χ0v) is 16.6. The number of hydrogen-bond acceptors (Lipinski definition) is 5. The minimum Gasteiger partial charge on any atom is -0.483 e. The molecule has 1 N–H and O–H groups in total. The van der Waals surface area contributed by atoms with Crippen LogP contribution in [0.3, 0.4) is 0 Å². The molecule has 4 aromatic rings. The SMILES string of the molecule is C[C@H]1c2nc(-c3ccccc3)nn2CCN1C(=O)c1cnn2ccn(C)c12.O=CO. The first-order valence-electron chi connectivity index (χ1n) is 9.42. The van der Waals surface area contributed by atoms with E-state index in [2.05, 4.69) is 10.2 Å². The van der Waals surface area contributed by atoms with Crippen molar-refractivity contribution in [2.24, 2.45) is 7.05 Å². The van der Waals surface area contributed by atoms with E-state index >= 15 is 0 Å². The van der Waals surface area contributed by atoms with E-state index in [1.165, 1.54) is 0 Å². The molecule has 4 heterocycles. The molecule has 0 radical (unpaired) electrons. The van der Waals surface area contributed by atoms with Gasteiger partial charge in [0.2, 0.25) is 0 Å². The molecule has 30 heavy (non-hydrogen) atoms. The van der Waals surface area contributed by atoms with Gasteiger partial charge in [-0.1, -0.05) is 30.3 Å². The molecule has 0 saturated carbocycles. The van der Waals surface area contributed by atoms with E-state index in [0.717, 1.165) is 17.0 Å². The number of imidazole rings is 1. The highest BCUT2D eigenvalue weighted by Crippen LogP contribution is 2.28. The third kappa shape index (κ3) is 3.21. The molecule has 1 aromatic carbocycles. The van der Waals surface area contributed by atoms with Crippen LogP contribution >= 0.6 is 0 Å². The standard InChI is InChI=1S/C19H19N7O.CH2O2/c1-13-17-21-16(14-6-4-3-5-7-14)22-25(17)11-9-24(13)19(27)15-12-20-26-10-8-23(2)18(15)26;2-1-3/h3-8,10,12-13H,9,11H2,1-2H3;1H,(H,2,3)/t13-;/m0./s1. The maximum Gasteiger partial charge on any atom is 0.290 e. The smallest absolute Gasteiger partial charge is 0.290 e. The highest BCUT2D eigenvalue weighted by molar-refractivity contribution is 6.00. The number of fused-ring (bicyclic) bond motifs is 2. The van der Waals surface area contributed by atoms with Gasteiger partial charge in [-0.3, -0.25) is 9.59 Å². The number of rotatable bonds is 2. The van der Waals surface area contributed by atoms with Gasteiger partial charge in [0.25, 0.3) is 12.4 Å². The van der Waals surface area contributed by atoms with Crippen molar-refractivity contribution in [3.05, 3.63) is 60.3 Å². The van der Waals surface area contributed by atoms with Crippen molar-refractivity contribution in [3.8, 4) is 11.4 Å². The van der Waals surface area contributed by atoms with Crippen molar-refractivity contribution in [2.45, 2.75) is 19.5 Å². The number of carbonyl (C=O) groups excluding carboxylic acids is 1. The van der Waals surface area contributed by atoms with Crippen molar-refractivity contribution in [2.75, 3.05) is 6.54 Å². The topological polar surface area (TPSA) is 111 Å². The van der Waals surface area contributed by atoms with Gasteiger partial charge in [0, 0.05) is 31.5 Å². The fraction of sp³-hybridized carbons (Fsp3) is 0.250. The third-order valence-electron chi connectivity index (χ3n) is 5.15. The van der Waals surface area contributed by atoms with Crippen LogP contribution in [0.2, 0.25) is 0 Å². The van der Waals surface area contributed by atoms with Crippen LogP contribution in [0.4, 0.5) is 0 Å². The van der Waals surface area contributed by atoms with Crippen molar-refractivity contribution in [1.29, 1.82) is 0 Å². The van der Waals surface area contributed by atoms with Crippen LogP contribution in [-0.2, 0) is 18.4 Å². The monoisotopic (exact) mass is 407 g/mol. The summed E-state index contributed by atoms with van der Waals surface area (Å²) < 4.78 is 5.54. The molecule has 1 atom stereocenters. The van der Waals surface area contributed by atoms with Crippen LogP contribution in [0.1, 0.15) is 29.1 Å². The van der Waals surface area contributed by atoms with E-state index in [1.807, 2.05) is 70.8 Å². The summed E-state index contributed by atoms with van der Waals surface area (Å²) in [6.07, 6.45) is 5.37. The quantitative estimate of drug-likeness (QED) is 0.508. The lowest BCUT2D eigenvalue weighted by Crippen LogP contribution is -2.41. The predicted molar refractivity (Wildman–Crippen MR) is 108 cm³/mol. The lowest BCUT2D eigenvalue weighted by molar-refractivity contribution is -0.122. The Morgan fingerprint density at radius 1 is 1.20 bits per heavy atom. The summed E-state index contributed by atoms with van der Waals surface area (Å²) in [5, 5.41) is 15.8. The molecule has 1 amide bonds. The number of aromatic nitrogens is 6. The fourth-order valence-electron chi connectivity index (χ4n) is 3.71. The minimum absolute atomic E-state index is 0.0326. The molecule has 3 aromatic heterocycles. The lowest BCUT2D eigenvalue weighted by Gasteiger charge is -2.32. The van der Waals surface area contributed by atoms with Gasteiger partial charge >= 0.3 is 0 Å². The number of nitrogens with zero attached hydrogens (tertiary/aromatic N) is 7. The highest BCUT2D eigenvalue weighted by atomic mass is 16.3. The van der Waals surface area contributed by atoms with Gasteiger partial charge in [-0.05, 0) is 6.92 Å². The average molecular weight is 407 g/mol. The van der Waals surface area contributed by atoms with E-state index in [0.29, 0.717) is 24.5 Å². The van der Waals surface area contributed by atoms with Gasteiger partial charge in [0.05, 0.1) is 18.8 Å². The first-order valence-corrected chi connectivity index (χ1v) is 9.42. The summed E-state index contributed by atoms with van der Waals surface area (Å²) in [6.45, 7) is 2.97. The van der Waals surface area contributed by atoms with Gasteiger partial charge in [0.1, 0.15) is 17.0 Å². The zero-order chi connectivity index (χ0) is 21.3. The Bertz CT molecular complexity index is 1190. The van der Waals surface area contributed by atoms with Crippen LogP contribution in [-0.4, -0.2) is 57.9 Å². The second kappa shape index (κ2) is 7.82. The van der Waals surface area contributed by atoms with Gasteiger partial charge < -0.3 is 14.6 Å². The Morgan fingerprint density at radius 3 is 2.67 bits per heavy atom. The highest BCUT2D eigenvalue weighted by Gasteiger charge is 2.33. The van der Waals surface area contributed by atoms with Gasteiger partial charge in [-0.2, -0.15) is 10.2 Å². The molecule has 0 saturated heterocycles. The van der Waals surface area contributed by atoms with Crippen molar-refractivity contribution >= 4 is 18.0 Å². The third-order valence-corrected chi connectivity index (χ3v) is 5.15. The van der Waals surface area contributed by atoms with Crippen LogP contribution in [0.25, 0.3) is 17.0 Å². The molecule has 10 heteroatoms. The predicted octanol–water partition coefficient (Wildman–Crippen LogP) is 1.85. The Hall–Kier alpha value is -3.95. The van der Waals surface area contributed by atoms with E-state index < -0.39 is 0 Å². The molecular weight excluding hydrogens is 386 g/mol. The first kappa shape index (κ1) is 19.4. The van der Waals surface area contributed by atoms with Gasteiger partial charge in [-0.15, -0.1) is 0 Å². The molecule has 0 unspecified atom stereocenters. The average Bonchev–Trinajstić information content (AvgIpc) is 3.46. The number of amides is 1. The molecule has 1 aliphatic rings. The second-order valence-electron chi connectivity index (χ2n) is 6.90. The first-order chi connectivity index (χ1) is 14.5. The fourth-order valence-corrected chi connectivity index (χ4v) is 3.71. The van der Waals surface area contributed by atoms with Gasteiger partial charge in [0.15, 0.2) is 5.82 Å². The summed E-state index contributed by atoms with van der Waals surface area (Å²) in [6, 6.07) is 9.74. The molecule has 5 rings (SSSR count). The van der Waals surface area contributed by atoms with E-state index in [9.17, 15) is 4.79 Å². The van der Waals surface area contributed by atoms with Crippen LogP contribution in [0.15, 0.2) is 48.9 Å². The molecule has 1 aliphatic heterocycles. The lowest BCUT2D eigenvalue weighted by atomic mass is 10.1. The Balaban J connectivity index is 0.000000687. The summed E-state index contributed by atoms with van der Waals surface area (Å²) in [5.41, 5.74) is 2.38. The largest absolute Gasteiger partial charge is 0.483 e. The number of carboxylic acid groups (broad SMARTS) is 1. The normalized spacial score (nSPS) is 15.4. The maximum atomic E-state index is 13.2. The van der Waals surface area contributed by atoms with Crippen molar-refractivity contribution in [3.63, 3.8) is 0 Å². The number of hydrogen-bond donors (Lipinski definition) is 1. The van der Waals surface area contributed by atoms with Crippen LogP contribution < -0.4 is 0 Å². The molecular formula is C20H21N7O3. The summed E-state index contributed by atoms with van der Waals surface area (Å²) in [4.78, 5) is 28.2. The molecule has 154 valence electrons. The number of aryl methyl sites for hydroxylation is 1. The number of carbonyl (C=O) groups is 2. The molecule has 0 aliphatic carbocycles. The summed E-state index contributed by atoms with van der Waals surface area (Å²) in [7, 11) is 1.91. The molecule has 0 bridgehead atoms. The summed E-state index contributed by atoms with van der Waals surface area (Å²) >= 11 is 0. The zero-order valence-electron chi connectivity index (χ0n) is 16.6. The van der Waals surface area contributed by atoms with E-state index in [1.54, 1.807) is 10.7 Å². The Morgan fingerprint density at radius 2 is 1.93 bits per heavy atom. The Kier molecular flexibility index (Phi) is 5.05. The second-order valence-corrected chi connectivity index (χ2v) is 6.90. The van der Waals surface area contributed by atoms with Crippen LogP contribution in [0, 0.1) is 0 Å². The van der Waals surface area contributed by atoms with Crippen molar-refractivity contribution < 1.29 is 14.7 Å². The van der Waals surface area contributed by atoms with Crippen LogP contribution in [0.5, 0.6) is 0 Å². The maximum absolute atomic E-state index is 13.2. The van der Waals surface area contributed by atoms with Gasteiger partial charge in [-0.25, -0.2) is 14.2 Å². The molecule has 10 nitrogen and oxygen atoms in total. The Labute approximate surface area is 172 Å². The van der Waals surface area contributed by atoms with E-state index in [4.69, 9.17) is 14.9 Å². The van der Waals surface area contributed by atoms with E-state index in [-0.39, 0.29) is 18.4 Å².